The van der Waals surface area contributed by atoms with Gasteiger partial charge in [0.2, 0.25) is 0 Å². The maximum atomic E-state index is 14.3. The molecule has 5 nitrogen and oxygen atoms in total. The molecular weight excluding hydrogens is 356 g/mol. The molecule has 0 aliphatic rings. The number of fused-ring (bicyclic) bond motifs is 1. The van der Waals surface area contributed by atoms with Gasteiger partial charge in [-0.15, -0.1) is 11.3 Å². The average molecular weight is 364 g/mol. The summed E-state index contributed by atoms with van der Waals surface area (Å²) in [6.07, 6.45) is 2.68. The first-order chi connectivity index (χ1) is 11.5. The van der Waals surface area contributed by atoms with Gasteiger partial charge in [0.1, 0.15) is 17.2 Å². The second-order valence-corrected chi connectivity index (χ2v) is 6.67. The first-order valence-electron chi connectivity index (χ1n) is 6.74. The van der Waals surface area contributed by atoms with Gasteiger partial charge in [0.05, 0.1) is 15.4 Å². The van der Waals surface area contributed by atoms with Crippen LogP contribution >= 0.6 is 22.9 Å². The van der Waals surface area contributed by atoms with E-state index >= 15 is 0 Å². The monoisotopic (exact) mass is 363 g/mol. The number of pyridine rings is 1. The maximum Gasteiger partial charge on any atom is 0.192 e. The molecule has 0 fully saturated rings. The van der Waals surface area contributed by atoms with E-state index in [1.165, 1.54) is 17.4 Å². The van der Waals surface area contributed by atoms with Crippen molar-refractivity contribution >= 4 is 39.8 Å². The lowest BCUT2D eigenvalue weighted by Gasteiger charge is -2.06. The first kappa shape index (κ1) is 15.0. The molecule has 0 aliphatic carbocycles. The van der Waals surface area contributed by atoms with Crippen LogP contribution in [0.2, 0.25) is 4.34 Å². The fraction of sp³-hybridized carbons (Fsp3) is 0. The number of nitrogens with zero attached hydrogens (tertiary/aromatic N) is 3. The van der Waals surface area contributed by atoms with Crippen LogP contribution in [-0.4, -0.2) is 19.9 Å². The van der Waals surface area contributed by atoms with Crippen molar-refractivity contribution in [3.8, 4) is 22.0 Å². The molecular formula is C15H8ClF2N5S. The van der Waals surface area contributed by atoms with Crippen molar-refractivity contribution in [3.63, 3.8) is 0 Å². The van der Waals surface area contributed by atoms with Gasteiger partial charge in [0, 0.05) is 17.1 Å². The Labute approximate surface area is 143 Å². The minimum atomic E-state index is -0.721. The van der Waals surface area contributed by atoms with E-state index in [4.69, 9.17) is 17.3 Å². The van der Waals surface area contributed by atoms with Gasteiger partial charge < -0.3 is 10.7 Å². The Kier molecular flexibility index (Phi) is 3.43. The van der Waals surface area contributed by atoms with E-state index in [1.54, 1.807) is 18.3 Å². The van der Waals surface area contributed by atoms with Crippen LogP contribution in [-0.2, 0) is 0 Å². The highest BCUT2D eigenvalue weighted by Gasteiger charge is 2.19. The van der Waals surface area contributed by atoms with Crippen molar-refractivity contribution < 1.29 is 8.78 Å². The molecule has 4 rings (SSSR count). The van der Waals surface area contributed by atoms with Gasteiger partial charge in [-0.2, -0.15) is 0 Å². The van der Waals surface area contributed by atoms with E-state index in [1.807, 2.05) is 0 Å². The Morgan fingerprint density at radius 1 is 1.21 bits per heavy atom. The number of nitrogens with one attached hydrogen (secondary N) is 1. The number of H-pyrrole nitrogens is 1. The number of anilines is 1. The summed E-state index contributed by atoms with van der Waals surface area (Å²) >= 11 is 7.08. The standard InChI is InChI=1S/C15H8ClF2N5S/c16-10-2-1-9(24-10)12-11(18)13(19)23-15(22-12)8-5-21-14-7(8)3-6(17)4-20-14/h1-5H,(H,20,21)(H2,19,22,23). The topological polar surface area (TPSA) is 80.5 Å². The van der Waals surface area contributed by atoms with Gasteiger partial charge >= 0.3 is 0 Å². The zero-order valence-corrected chi connectivity index (χ0v) is 13.4. The quantitative estimate of drug-likeness (QED) is 0.557. The third-order valence-electron chi connectivity index (χ3n) is 3.42. The summed E-state index contributed by atoms with van der Waals surface area (Å²) in [6, 6.07) is 4.60. The van der Waals surface area contributed by atoms with Crippen molar-refractivity contribution in [2.75, 3.05) is 5.73 Å². The molecule has 0 amide bonds. The lowest BCUT2D eigenvalue weighted by molar-refractivity contribution is 0.623. The third kappa shape index (κ3) is 2.40. The lowest BCUT2D eigenvalue weighted by Crippen LogP contribution is -2.02. The van der Waals surface area contributed by atoms with Crippen LogP contribution in [0.1, 0.15) is 0 Å². The second kappa shape index (κ2) is 5.50. The first-order valence-corrected chi connectivity index (χ1v) is 7.94. The number of thiophene rings is 1. The Bertz CT molecular complexity index is 1080. The summed E-state index contributed by atoms with van der Waals surface area (Å²) in [5.41, 5.74) is 6.69. The van der Waals surface area contributed by atoms with E-state index < -0.39 is 11.6 Å². The van der Waals surface area contributed by atoms with E-state index in [0.29, 0.717) is 25.8 Å². The molecule has 4 heterocycles. The van der Waals surface area contributed by atoms with Gasteiger partial charge in [0.15, 0.2) is 17.5 Å². The summed E-state index contributed by atoms with van der Waals surface area (Å²) in [5, 5.41) is 0.483. The minimum absolute atomic E-state index is 0.0492. The lowest BCUT2D eigenvalue weighted by atomic mass is 10.2. The SMILES string of the molecule is Nc1nc(-c2c[nH]c3ncc(F)cc23)nc(-c2ccc(Cl)s2)c1F. The number of aromatic amines is 1. The van der Waals surface area contributed by atoms with E-state index in [0.717, 1.165) is 6.20 Å². The number of rotatable bonds is 2. The molecule has 24 heavy (non-hydrogen) atoms. The number of aromatic nitrogens is 4. The zero-order chi connectivity index (χ0) is 16.8. The number of halogens is 3. The van der Waals surface area contributed by atoms with Crippen LogP contribution in [0.3, 0.4) is 0 Å². The molecule has 4 aromatic rings. The van der Waals surface area contributed by atoms with Crippen LogP contribution in [0.4, 0.5) is 14.6 Å². The predicted octanol–water partition coefficient (Wildman–Crippen LogP) is 4.26. The summed E-state index contributed by atoms with van der Waals surface area (Å²) in [4.78, 5) is 15.6. The third-order valence-corrected chi connectivity index (χ3v) is 4.66. The molecule has 0 aromatic carbocycles. The molecule has 0 unspecified atom stereocenters. The molecule has 0 aliphatic heterocycles. The van der Waals surface area contributed by atoms with Crippen LogP contribution in [0.5, 0.6) is 0 Å². The van der Waals surface area contributed by atoms with Crippen molar-refractivity contribution in [2.24, 2.45) is 0 Å². The molecule has 0 saturated carbocycles. The molecule has 0 spiro atoms. The number of hydrogen-bond donors (Lipinski definition) is 2. The smallest absolute Gasteiger partial charge is 0.192 e. The Hall–Kier alpha value is -2.58. The van der Waals surface area contributed by atoms with E-state index in [-0.39, 0.29) is 17.3 Å². The molecule has 120 valence electrons. The van der Waals surface area contributed by atoms with Crippen LogP contribution in [0.15, 0.2) is 30.6 Å². The van der Waals surface area contributed by atoms with Crippen molar-refractivity contribution in [1.29, 1.82) is 0 Å². The zero-order valence-electron chi connectivity index (χ0n) is 11.8. The van der Waals surface area contributed by atoms with Gasteiger partial charge in [-0.05, 0) is 18.2 Å². The van der Waals surface area contributed by atoms with Gasteiger partial charge in [-0.1, -0.05) is 11.6 Å². The Balaban J connectivity index is 1.95. The summed E-state index contributed by atoms with van der Waals surface area (Å²) in [6.45, 7) is 0. The molecule has 9 heteroatoms. The predicted molar refractivity (Wildman–Crippen MR) is 89.8 cm³/mol. The molecule has 4 aromatic heterocycles. The molecule has 0 radical (unpaired) electrons. The summed E-state index contributed by atoms with van der Waals surface area (Å²) < 4.78 is 28.3. The highest BCUT2D eigenvalue weighted by Crippen LogP contribution is 2.35. The molecule has 3 N–H and O–H groups in total. The summed E-state index contributed by atoms with van der Waals surface area (Å²) in [5.74, 6) is -1.34. The van der Waals surface area contributed by atoms with Crippen molar-refractivity contribution in [3.05, 3.63) is 46.6 Å². The highest BCUT2D eigenvalue weighted by atomic mass is 35.5. The molecule has 0 atom stereocenters. The second-order valence-electron chi connectivity index (χ2n) is 4.95. The average Bonchev–Trinajstić information content (AvgIpc) is 3.16. The largest absolute Gasteiger partial charge is 0.381 e. The van der Waals surface area contributed by atoms with Crippen molar-refractivity contribution in [1.82, 2.24) is 19.9 Å². The van der Waals surface area contributed by atoms with E-state index in [2.05, 4.69) is 19.9 Å². The van der Waals surface area contributed by atoms with Crippen LogP contribution in [0.25, 0.3) is 33.0 Å². The van der Waals surface area contributed by atoms with Crippen LogP contribution in [0, 0.1) is 11.6 Å². The fourth-order valence-corrected chi connectivity index (χ4v) is 3.38. The number of nitrogen functional groups attached to an aromatic ring is 1. The summed E-state index contributed by atoms with van der Waals surface area (Å²) in [7, 11) is 0. The fourth-order valence-electron chi connectivity index (χ4n) is 2.35. The molecule has 0 saturated heterocycles. The van der Waals surface area contributed by atoms with Gasteiger partial charge in [-0.3, -0.25) is 0 Å². The van der Waals surface area contributed by atoms with Gasteiger partial charge in [-0.25, -0.2) is 23.7 Å². The molecule has 0 bridgehead atoms. The Morgan fingerprint density at radius 2 is 2.04 bits per heavy atom. The Morgan fingerprint density at radius 3 is 2.79 bits per heavy atom. The number of hydrogen-bond acceptors (Lipinski definition) is 5. The minimum Gasteiger partial charge on any atom is -0.381 e. The highest BCUT2D eigenvalue weighted by molar-refractivity contribution is 7.19. The van der Waals surface area contributed by atoms with E-state index in [9.17, 15) is 8.78 Å². The van der Waals surface area contributed by atoms with Crippen molar-refractivity contribution in [2.45, 2.75) is 0 Å². The maximum absolute atomic E-state index is 14.3. The van der Waals surface area contributed by atoms with Gasteiger partial charge in [0.25, 0.3) is 0 Å². The number of nitrogens with two attached hydrogens (primary N) is 1. The van der Waals surface area contributed by atoms with Crippen LogP contribution < -0.4 is 5.73 Å². The normalized spacial score (nSPS) is 11.3.